The summed E-state index contributed by atoms with van der Waals surface area (Å²) in [6.45, 7) is 4.40. The van der Waals surface area contributed by atoms with E-state index in [0.717, 1.165) is 32.7 Å². The van der Waals surface area contributed by atoms with Gasteiger partial charge in [-0.05, 0) is 43.7 Å². The maximum atomic E-state index is 12.0. The Morgan fingerprint density at radius 1 is 1.03 bits per heavy atom. The lowest BCUT2D eigenvalue weighted by molar-refractivity contribution is -0.129. The second-order valence-corrected chi connectivity index (χ2v) is 7.79. The van der Waals surface area contributed by atoms with Crippen molar-refractivity contribution in [2.24, 2.45) is 5.10 Å². The second-order valence-electron chi connectivity index (χ2n) is 6.87. The number of aromatic nitrogens is 1. The number of carbonyl (C=O) groups is 2. The Bertz CT molecular complexity index is 1070. The minimum Gasteiger partial charge on any atom is -0.352 e. The van der Waals surface area contributed by atoms with Crippen molar-refractivity contribution in [3.63, 3.8) is 0 Å². The summed E-state index contributed by atoms with van der Waals surface area (Å²) in [5, 5.41) is 6.73. The third-order valence-corrected chi connectivity index (χ3v) is 5.08. The van der Waals surface area contributed by atoms with Crippen molar-refractivity contribution in [1.29, 1.82) is 0 Å². The molecule has 30 heavy (non-hydrogen) atoms. The van der Waals surface area contributed by atoms with Crippen molar-refractivity contribution < 1.29 is 9.59 Å². The van der Waals surface area contributed by atoms with Gasteiger partial charge in [-0.3, -0.25) is 9.59 Å². The van der Waals surface area contributed by atoms with Gasteiger partial charge in [0.25, 0.3) is 0 Å². The SMILES string of the molecule is Cc1cc(/C=N/NC(=O)CC(=O)NCc2ccccc2)c(C)n1-c1cccc(Br)c1. The third kappa shape index (κ3) is 5.67. The van der Waals surface area contributed by atoms with E-state index >= 15 is 0 Å². The number of carbonyl (C=O) groups excluding carboxylic acids is 2. The standard InChI is InChI=1S/C23H23BrN4O2/c1-16-11-19(17(2)28(16)21-10-6-9-20(24)12-21)15-26-27-23(30)13-22(29)25-14-18-7-4-3-5-8-18/h3-12,15H,13-14H2,1-2H3,(H,25,29)(H,27,30)/b26-15+. The van der Waals surface area contributed by atoms with E-state index in [2.05, 4.69) is 36.3 Å². The Morgan fingerprint density at radius 2 is 1.80 bits per heavy atom. The van der Waals surface area contributed by atoms with Gasteiger partial charge in [0.05, 0.1) is 6.21 Å². The van der Waals surface area contributed by atoms with E-state index in [4.69, 9.17) is 0 Å². The Morgan fingerprint density at radius 3 is 2.53 bits per heavy atom. The molecule has 2 amide bonds. The van der Waals surface area contributed by atoms with Crippen LogP contribution in [0.5, 0.6) is 0 Å². The van der Waals surface area contributed by atoms with Crippen LogP contribution in [-0.2, 0) is 16.1 Å². The predicted molar refractivity (Wildman–Crippen MR) is 122 cm³/mol. The summed E-state index contributed by atoms with van der Waals surface area (Å²) in [6, 6.07) is 19.6. The van der Waals surface area contributed by atoms with Crippen molar-refractivity contribution in [3.8, 4) is 5.69 Å². The molecule has 0 saturated heterocycles. The number of benzene rings is 2. The van der Waals surface area contributed by atoms with Crippen LogP contribution < -0.4 is 10.7 Å². The van der Waals surface area contributed by atoms with Gasteiger partial charge in [-0.1, -0.05) is 52.3 Å². The molecule has 3 rings (SSSR count). The highest BCUT2D eigenvalue weighted by Gasteiger charge is 2.11. The van der Waals surface area contributed by atoms with Gasteiger partial charge in [-0.25, -0.2) is 5.43 Å². The van der Waals surface area contributed by atoms with E-state index in [-0.39, 0.29) is 12.3 Å². The minimum atomic E-state index is -0.461. The molecule has 0 atom stereocenters. The van der Waals surface area contributed by atoms with Crippen LogP contribution in [0.4, 0.5) is 0 Å². The van der Waals surface area contributed by atoms with E-state index in [9.17, 15) is 9.59 Å². The summed E-state index contributed by atoms with van der Waals surface area (Å²) in [4.78, 5) is 23.9. The molecule has 1 aromatic heterocycles. The number of hydrogen-bond acceptors (Lipinski definition) is 3. The van der Waals surface area contributed by atoms with Gasteiger partial charge in [0.1, 0.15) is 6.42 Å². The maximum Gasteiger partial charge on any atom is 0.249 e. The fourth-order valence-electron chi connectivity index (χ4n) is 3.15. The average molecular weight is 467 g/mol. The van der Waals surface area contributed by atoms with Crippen molar-refractivity contribution in [1.82, 2.24) is 15.3 Å². The number of hydrogen-bond donors (Lipinski definition) is 2. The van der Waals surface area contributed by atoms with Gasteiger partial charge >= 0.3 is 0 Å². The molecular weight excluding hydrogens is 444 g/mol. The number of nitrogens with one attached hydrogen (secondary N) is 2. The molecule has 0 spiro atoms. The van der Waals surface area contributed by atoms with E-state index in [1.54, 1.807) is 6.21 Å². The Hall–Kier alpha value is -3.19. The summed E-state index contributed by atoms with van der Waals surface area (Å²) in [5.74, 6) is -0.808. The first-order valence-corrected chi connectivity index (χ1v) is 10.3. The summed E-state index contributed by atoms with van der Waals surface area (Å²) in [7, 11) is 0. The number of nitrogens with zero attached hydrogens (tertiary/aromatic N) is 2. The first-order valence-electron chi connectivity index (χ1n) is 9.51. The van der Waals surface area contributed by atoms with Gasteiger partial charge in [-0.15, -0.1) is 0 Å². The molecule has 0 bridgehead atoms. The molecule has 6 nitrogen and oxygen atoms in total. The predicted octanol–water partition coefficient (Wildman–Crippen LogP) is 4.01. The van der Waals surface area contributed by atoms with Crippen LogP contribution in [0.1, 0.15) is 28.9 Å². The molecule has 2 N–H and O–H groups in total. The lowest BCUT2D eigenvalue weighted by atomic mass is 10.2. The molecule has 0 radical (unpaired) electrons. The Labute approximate surface area is 184 Å². The fraction of sp³-hybridized carbons (Fsp3) is 0.174. The molecule has 0 aliphatic heterocycles. The highest BCUT2D eigenvalue weighted by molar-refractivity contribution is 9.10. The van der Waals surface area contributed by atoms with Gasteiger partial charge in [0.15, 0.2) is 0 Å². The van der Waals surface area contributed by atoms with Crippen molar-refractivity contribution in [2.75, 3.05) is 0 Å². The van der Waals surface area contributed by atoms with Crippen LogP contribution in [0, 0.1) is 13.8 Å². The number of rotatable bonds is 7. The highest BCUT2D eigenvalue weighted by Crippen LogP contribution is 2.22. The third-order valence-electron chi connectivity index (χ3n) is 4.58. The van der Waals surface area contributed by atoms with Gasteiger partial charge in [-0.2, -0.15) is 5.10 Å². The fourth-order valence-corrected chi connectivity index (χ4v) is 3.54. The van der Waals surface area contributed by atoms with Crippen molar-refractivity contribution >= 4 is 34.0 Å². The normalized spacial score (nSPS) is 10.9. The van der Waals surface area contributed by atoms with E-state index < -0.39 is 5.91 Å². The lowest BCUT2D eigenvalue weighted by Gasteiger charge is -2.09. The quantitative estimate of drug-likeness (QED) is 0.313. The van der Waals surface area contributed by atoms with Crippen LogP contribution in [0.25, 0.3) is 5.69 Å². The van der Waals surface area contributed by atoms with Gasteiger partial charge < -0.3 is 9.88 Å². The number of halogens is 1. The molecule has 7 heteroatoms. The van der Waals surface area contributed by atoms with Crippen LogP contribution in [-0.4, -0.2) is 22.6 Å². The summed E-state index contributed by atoms with van der Waals surface area (Å²) >= 11 is 3.50. The van der Waals surface area contributed by atoms with Crippen LogP contribution in [0.15, 0.2) is 70.2 Å². The first kappa shape index (κ1) is 21.5. The molecule has 0 aliphatic rings. The molecule has 2 aromatic carbocycles. The molecule has 3 aromatic rings. The zero-order valence-corrected chi connectivity index (χ0v) is 18.4. The number of amides is 2. The van der Waals surface area contributed by atoms with Crippen LogP contribution in [0.2, 0.25) is 0 Å². The second kappa shape index (κ2) is 10.0. The number of hydrazone groups is 1. The Balaban J connectivity index is 1.55. The zero-order chi connectivity index (χ0) is 21.5. The topological polar surface area (TPSA) is 75.5 Å². The average Bonchev–Trinajstić information content (AvgIpc) is 3.00. The largest absolute Gasteiger partial charge is 0.352 e. The summed E-state index contributed by atoms with van der Waals surface area (Å²) < 4.78 is 3.12. The van der Waals surface area contributed by atoms with Gasteiger partial charge in [0, 0.05) is 33.7 Å². The highest BCUT2D eigenvalue weighted by atomic mass is 79.9. The molecule has 0 unspecified atom stereocenters. The summed E-state index contributed by atoms with van der Waals surface area (Å²) in [5.41, 5.74) is 7.38. The first-order chi connectivity index (χ1) is 14.4. The lowest BCUT2D eigenvalue weighted by Crippen LogP contribution is -2.29. The van der Waals surface area contributed by atoms with Crippen molar-refractivity contribution in [3.05, 3.63) is 87.7 Å². The maximum absolute atomic E-state index is 12.0. The zero-order valence-electron chi connectivity index (χ0n) is 16.9. The molecule has 0 aliphatic carbocycles. The molecular formula is C23H23BrN4O2. The molecule has 1 heterocycles. The molecule has 0 fully saturated rings. The minimum absolute atomic E-state index is 0.277. The van der Waals surface area contributed by atoms with Crippen molar-refractivity contribution in [2.45, 2.75) is 26.8 Å². The van der Waals surface area contributed by atoms with E-state index in [1.807, 2.05) is 74.5 Å². The smallest absolute Gasteiger partial charge is 0.249 e. The van der Waals surface area contributed by atoms with E-state index in [1.165, 1.54) is 0 Å². The monoisotopic (exact) mass is 466 g/mol. The summed E-state index contributed by atoms with van der Waals surface area (Å²) in [6.07, 6.45) is 1.32. The Kier molecular flexibility index (Phi) is 7.19. The molecule has 0 saturated carbocycles. The van der Waals surface area contributed by atoms with Crippen LogP contribution >= 0.6 is 15.9 Å². The molecule has 154 valence electrons. The van der Waals surface area contributed by atoms with Crippen LogP contribution in [0.3, 0.4) is 0 Å². The number of aryl methyl sites for hydroxylation is 1. The van der Waals surface area contributed by atoms with E-state index in [0.29, 0.717) is 6.54 Å². The van der Waals surface area contributed by atoms with Gasteiger partial charge in [0.2, 0.25) is 11.8 Å².